The van der Waals surface area contributed by atoms with Crippen LogP contribution in [-0.4, -0.2) is 57.3 Å². The van der Waals surface area contributed by atoms with E-state index in [1.54, 1.807) is 20.8 Å². The molecule has 52 heavy (non-hydrogen) atoms. The normalized spacial score (nSPS) is 13.9. The molecule has 0 saturated heterocycles. The van der Waals surface area contributed by atoms with Gasteiger partial charge in [-0.3, -0.25) is 19.2 Å². The van der Waals surface area contributed by atoms with E-state index in [0.29, 0.717) is 19.3 Å². The summed E-state index contributed by atoms with van der Waals surface area (Å²) in [6.07, 6.45) is 1.05. The second kappa shape index (κ2) is 19.1. The number of nitrogens with one attached hydrogen (secondary N) is 1. The van der Waals surface area contributed by atoms with Crippen LogP contribution in [0.3, 0.4) is 0 Å². The van der Waals surface area contributed by atoms with Crippen LogP contribution in [0.5, 0.6) is 0 Å². The number of hydrogen-bond donors (Lipinski definition) is 1. The van der Waals surface area contributed by atoms with E-state index < -0.39 is 43.7 Å². The van der Waals surface area contributed by atoms with Gasteiger partial charge in [-0.2, -0.15) is 0 Å². The average Bonchev–Trinajstić information content (AvgIpc) is 3.08. The van der Waals surface area contributed by atoms with Gasteiger partial charge in [0.25, 0.3) is 8.32 Å². The van der Waals surface area contributed by atoms with Gasteiger partial charge in [-0.25, -0.2) is 0 Å². The van der Waals surface area contributed by atoms with Gasteiger partial charge in [0.2, 0.25) is 5.91 Å². The third-order valence-corrected chi connectivity index (χ3v) is 14.1. The van der Waals surface area contributed by atoms with Crippen LogP contribution in [0.4, 0.5) is 0 Å². The highest BCUT2D eigenvalue weighted by Crippen LogP contribution is 2.37. The molecule has 0 fully saturated rings. The van der Waals surface area contributed by atoms with Gasteiger partial charge in [0.05, 0.1) is 25.5 Å². The summed E-state index contributed by atoms with van der Waals surface area (Å²) in [5.41, 5.74) is 0.341. The Morgan fingerprint density at radius 3 is 1.71 bits per heavy atom. The number of methoxy groups -OCH3 is 1. The highest BCUT2D eigenvalue weighted by molar-refractivity contribution is 6.99. The number of ether oxygens (including phenoxy) is 2. The maximum absolute atomic E-state index is 14.2. The molecular weight excluding hydrogens is 671 g/mol. The lowest BCUT2D eigenvalue weighted by Gasteiger charge is -2.43. The van der Waals surface area contributed by atoms with E-state index in [2.05, 4.69) is 50.4 Å². The van der Waals surface area contributed by atoms with Gasteiger partial charge < -0.3 is 19.2 Å². The molecule has 0 aromatic heterocycles. The maximum atomic E-state index is 14.2. The quantitative estimate of drug-likeness (QED) is 0.113. The Labute approximate surface area is 312 Å². The van der Waals surface area contributed by atoms with E-state index in [0.717, 1.165) is 15.9 Å². The molecular formula is C43H59NO7Si. The lowest BCUT2D eigenvalue weighted by atomic mass is 9.91. The zero-order valence-corrected chi connectivity index (χ0v) is 33.6. The third kappa shape index (κ3) is 12.3. The van der Waals surface area contributed by atoms with Gasteiger partial charge in [-0.15, -0.1) is 0 Å². The van der Waals surface area contributed by atoms with E-state index in [4.69, 9.17) is 13.9 Å². The first-order chi connectivity index (χ1) is 24.5. The standard InChI is InChI=1S/C43H59NO7Si/c1-31(2)27-37(44-40(47)33(29-39(46)51-42(3,4)5)26-25-32-19-13-10-14-20-32)38(45)28-34(41(48)49-9)30-50-52(43(6,7)8,35-21-15-11-16-22-35)36-23-17-12-18-24-36/h10-24,31,33-34,37H,25-30H2,1-9H3,(H,44,47)/t33-,34+,37+/m1/s1. The van der Waals surface area contributed by atoms with Crippen LogP contribution in [0.1, 0.15) is 86.6 Å². The smallest absolute Gasteiger partial charge is 0.311 e. The van der Waals surface area contributed by atoms with Crippen LogP contribution in [0.25, 0.3) is 0 Å². The van der Waals surface area contributed by atoms with E-state index in [1.807, 2.05) is 80.6 Å². The molecule has 1 N–H and O–H groups in total. The first-order valence-corrected chi connectivity index (χ1v) is 20.3. The Hall–Kier alpha value is -4.08. The summed E-state index contributed by atoms with van der Waals surface area (Å²) in [5, 5.41) is 4.76. The van der Waals surface area contributed by atoms with Crippen LogP contribution in [0.15, 0.2) is 91.0 Å². The van der Waals surface area contributed by atoms with Gasteiger partial charge in [-0.1, -0.05) is 126 Å². The van der Waals surface area contributed by atoms with Crippen molar-refractivity contribution in [3.05, 3.63) is 96.6 Å². The summed E-state index contributed by atoms with van der Waals surface area (Å²) in [7, 11) is -1.71. The summed E-state index contributed by atoms with van der Waals surface area (Å²) in [6, 6.07) is 29.1. The van der Waals surface area contributed by atoms with E-state index in [1.165, 1.54) is 7.11 Å². The first kappa shape index (κ1) is 42.3. The number of benzene rings is 3. The molecule has 3 aromatic rings. The lowest BCUT2D eigenvalue weighted by molar-refractivity contribution is -0.157. The third-order valence-electron chi connectivity index (χ3n) is 9.14. The molecule has 282 valence electrons. The summed E-state index contributed by atoms with van der Waals surface area (Å²) < 4.78 is 17.8. The minimum atomic E-state index is -3.02. The van der Waals surface area contributed by atoms with Crippen molar-refractivity contribution < 1.29 is 33.1 Å². The summed E-state index contributed by atoms with van der Waals surface area (Å²) in [4.78, 5) is 54.4. The Bertz CT molecular complexity index is 1540. The second-order valence-electron chi connectivity index (χ2n) is 16.1. The molecule has 3 aromatic carbocycles. The molecule has 0 aliphatic heterocycles. The zero-order chi connectivity index (χ0) is 38.5. The second-order valence-corrected chi connectivity index (χ2v) is 20.4. The van der Waals surface area contributed by atoms with Gasteiger partial charge in [0.1, 0.15) is 5.60 Å². The molecule has 3 atom stereocenters. The van der Waals surface area contributed by atoms with Crippen molar-refractivity contribution in [1.29, 1.82) is 0 Å². The number of Topliss-reactive ketones (excluding diaryl/α,β-unsaturated/α-hetero) is 1. The fourth-order valence-electron chi connectivity index (χ4n) is 6.68. The van der Waals surface area contributed by atoms with Crippen LogP contribution >= 0.6 is 0 Å². The number of carbonyl (C=O) groups is 4. The molecule has 0 aliphatic carbocycles. The summed E-state index contributed by atoms with van der Waals surface area (Å²) >= 11 is 0. The van der Waals surface area contributed by atoms with Crippen molar-refractivity contribution in [2.75, 3.05) is 13.7 Å². The Balaban J connectivity index is 1.89. The molecule has 8 nitrogen and oxygen atoms in total. The molecule has 0 spiro atoms. The van der Waals surface area contributed by atoms with Crippen LogP contribution in [-0.2, 0) is 39.5 Å². The monoisotopic (exact) mass is 729 g/mol. The Kier molecular flexibility index (Phi) is 15.6. The van der Waals surface area contributed by atoms with Crippen molar-refractivity contribution in [1.82, 2.24) is 5.32 Å². The number of hydrogen-bond acceptors (Lipinski definition) is 7. The van der Waals surface area contributed by atoms with Crippen molar-refractivity contribution >= 4 is 42.3 Å². The summed E-state index contributed by atoms with van der Waals surface area (Å²) in [6.45, 7) is 15.7. The molecule has 0 unspecified atom stereocenters. The van der Waals surface area contributed by atoms with E-state index in [9.17, 15) is 19.2 Å². The maximum Gasteiger partial charge on any atom is 0.311 e. The highest BCUT2D eigenvalue weighted by Gasteiger charge is 2.51. The minimum absolute atomic E-state index is 0.0353. The Morgan fingerprint density at radius 1 is 0.731 bits per heavy atom. The number of carbonyl (C=O) groups excluding carboxylic acids is 4. The molecule has 0 bridgehead atoms. The average molecular weight is 730 g/mol. The van der Waals surface area contributed by atoms with Crippen molar-refractivity contribution in [2.45, 2.75) is 104 Å². The van der Waals surface area contributed by atoms with Crippen LogP contribution in [0, 0.1) is 17.8 Å². The molecule has 9 heteroatoms. The number of rotatable bonds is 18. The molecule has 0 radical (unpaired) electrons. The molecule has 1 amide bonds. The minimum Gasteiger partial charge on any atom is -0.469 e. The van der Waals surface area contributed by atoms with E-state index >= 15 is 0 Å². The molecule has 0 saturated carbocycles. The lowest BCUT2D eigenvalue weighted by Crippen LogP contribution is -2.67. The van der Waals surface area contributed by atoms with Gasteiger partial charge >= 0.3 is 11.9 Å². The van der Waals surface area contributed by atoms with Crippen LogP contribution < -0.4 is 15.7 Å². The van der Waals surface area contributed by atoms with Gasteiger partial charge in [-0.05, 0) is 66.9 Å². The first-order valence-electron chi connectivity index (χ1n) is 18.4. The Morgan fingerprint density at radius 2 is 1.25 bits per heavy atom. The van der Waals surface area contributed by atoms with Crippen molar-refractivity contribution in [2.24, 2.45) is 17.8 Å². The van der Waals surface area contributed by atoms with E-state index in [-0.39, 0.29) is 42.1 Å². The SMILES string of the molecule is COC(=O)[C@H](CO[Si](c1ccccc1)(c1ccccc1)C(C)(C)C)CC(=O)[C@H](CC(C)C)NC(=O)[C@H](CCc1ccccc1)CC(=O)OC(C)(C)C. The highest BCUT2D eigenvalue weighted by atomic mass is 28.4. The molecule has 0 aliphatic rings. The zero-order valence-electron chi connectivity index (χ0n) is 32.6. The number of amides is 1. The number of ketones is 1. The number of aryl methyl sites for hydroxylation is 1. The topological polar surface area (TPSA) is 108 Å². The van der Waals surface area contributed by atoms with Gasteiger partial charge in [0, 0.05) is 18.9 Å². The van der Waals surface area contributed by atoms with Crippen LogP contribution in [0.2, 0.25) is 5.04 Å². The summed E-state index contributed by atoms with van der Waals surface area (Å²) in [5.74, 6) is -3.26. The largest absolute Gasteiger partial charge is 0.469 e. The predicted octanol–water partition coefficient (Wildman–Crippen LogP) is 6.82. The van der Waals surface area contributed by atoms with Gasteiger partial charge in [0.15, 0.2) is 5.78 Å². The fourth-order valence-corrected chi connectivity index (χ4v) is 11.3. The fraction of sp³-hybridized carbons (Fsp3) is 0.488. The molecule has 3 rings (SSSR count). The van der Waals surface area contributed by atoms with Crippen molar-refractivity contribution in [3.8, 4) is 0 Å². The predicted molar refractivity (Wildman–Crippen MR) is 209 cm³/mol. The van der Waals surface area contributed by atoms with Crippen molar-refractivity contribution in [3.63, 3.8) is 0 Å². The number of esters is 2. The molecule has 0 heterocycles.